The first-order valence-corrected chi connectivity index (χ1v) is 12.5. The minimum atomic E-state index is 0.0644. The highest BCUT2D eigenvalue weighted by atomic mass is 16.5. The molecular formula is C30H38N2O. The van der Waals surface area contributed by atoms with E-state index in [1.54, 1.807) is 7.11 Å². The van der Waals surface area contributed by atoms with E-state index in [1.807, 2.05) is 6.20 Å². The van der Waals surface area contributed by atoms with Crippen molar-refractivity contribution in [3.05, 3.63) is 65.4 Å². The van der Waals surface area contributed by atoms with Gasteiger partial charge in [0, 0.05) is 23.0 Å². The monoisotopic (exact) mass is 442 g/mol. The molecule has 3 nitrogen and oxygen atoms in total. The van der Waals surface area contributed by atoms with Gasteiger partial charge in [0.1, 0.15) is 11.6 Å². The third-order valence-corrected chi connectivity index (χ3v) is 6.66. The SMILES string of the molecule is CCCCCc1ccc2c(c1)c1cc(CCC)c(OC)cc1n2-c1cc(C(C)(C)C)ccn1. The van der Waals surface area contributed by atoms with Crippen molar-refractivity contribution < 1.29 is 4.74 Å². The number of unbranched alkanes of at least 4 members (excludes halogenated alkanes) is 2. The van der Waals surface area contributed by atoms with E-state index in [4.69, 9.17) is 9.72 Å². The number of aryl methyl sites for hydroxylation is 2. The molecule has 0 N–H and O–H groups in total. The highest BCUT2D eigenvalue weighted by Crippen LogP contribution is 2.37. The highest BCUT2D eigenvalue weighted by molar-refractivity contribution is 6.10. The van der Waals surface area contributed by atoms with Gasteiger partial charge in [-0.15, -0.1) is 0 Å². The Morgan fingerprint density at radius 3 is 2.33 bits per heavy atom. The van der Waals surface area contributed by atoms with E-state index in [9.17, 15) is 0 Å². The van der Waals surface area contributed by atoms with Gasteiger partial charge in [0.05, 0.1) is 18.1 Å². The Balaban J connectivity index is 1.99. The second-order valence-corrected chi connectivity index (χ2v) is 10.2. The molecule has 0 bridgehead atoms. The van der Waals surface area contributed by atoms with Crippen LogP contribution in [0, 0.1) is 0 Å². The Hall–Kier alpha value is -2.81. The molecule has 3 heteroatoms. The smallest absolute Gasteiger partial charge is 0.137 e. The molecule has 0 spiro atoms. The second-order valence-electron chi connectivity index (χ2n) is 10.2. The summed E-state index contributed by atoms with van der Waals surface area (Å²) in [5, 5.41) is 2.59. The van der Waals surface area contributed by atoms with Crippen LogP contribution < -0.4 is 4.74 Å². The fraction of sp³-hybridized carbons (Fsp3) is 0.433. The van der Waals surface area contributed by atoms with Crippen molar-refractivity contribution in [2.24, 2.45) is 0 Å². The van der Waals surface area contributed by atoms with Gasteiger partial charge in [-0.25, -0.2) is 4.98 Å². The molecule has 174 valence electrons. The molecule has 0 unspecified atom stereocenters. The number of aromatic nitrogens is 2. The molecule has 33 heavy (non-hydrogen) atoms. The van der Waals surface area contributed by atoms with E-state index < -0.39 is 0 Å². The van der Waals surface area contributed by atoms with Crippen LogP contribution in [0.3, 0.4) is 0 Å². The fourth-order valence-electron chi connectivity index (χ4n) is 4.78. The van der Waals surface area contributed by atoms with E-state index in [1.165, 1.54) is 52.2 Å². The first-order chi connectivity index (χ1) is 15.9. The Kier molecular flexibility index (Phi) is 6.78. The summed E-state index contributed by atoms with van der Waals surface area (Å²) in [6, 6.07) is 15.9. The third-order valence-electron chi connectivity index (χ3n) is 6.66. The minimum absolute atomic E-state index is 0.0644. The molecule has 0 amide bonds. The number of hydrogen-bond acceptors (Lipinski definition) is 2. The average Bonchev–Trinajstić information content (AvgIpc) is 3.11. The van der Waals surface area contributed by atoms with Crippen LogP contribution >= 0.6 is 0 Å². The molecule has 0 saturated heterocycles. The molecule has 0 atom stereocenters. The van der Waals surface area contributed by atoms with Gasteiger partial charge in [-0.05, 0) is 71.7 Å². The standard InChI is InChI=1S/C30H38N2O/c1-7-9-10-12-21-13-14-26-24(17-21)25-18-22(11-8-2)28(33-6)20-27(25)32(26)29-19-23(15-16-31-29)30(3,4)5/h13-20H,7-12H2,1-6H3. The number of pyridine rings is 1. The van der Waals surface area contributed by atoms with Crippen LogP contribution in [0.15, 0.2) is 48.7 Å². The number of nitrogens with zero attached hydrogens (tertiary/aromatic N) is 2. The molecule has 4 rings (SSSR count). The summed E-state index contributed by atoms with van der Waals surface area (Å²) in [5.41, 5.74) is 6.41. The van der Waals surface area contributed by atoms with Gasteiger partial charge in [0.25, 0.3) is 0 Å². The van der Waals surface area contributed by atoms with Gasteiger partial charge in [-0.1, -0.05) is 59.9 Å². The maximum Gasteiger partial charge on any atom is 0.137 e. The molecule has 0 saturated carbocycles. The first kappa shape index (κ1) is 23.4. The van der Waals surface area contributed by atoms with Crippen LogP contribution in [0.5, 0.6) is 5.75 Å². The van der Waals surface area contributed by atoms with Crippen molar-refractivity contribution in [2.45, 2.75) is 78.6 Å². The lowest BCUT2D eigenvalue weighted by Gasteiger charge is -2.20. The average molecular weight is 443 g/mol. The van der Waals surface area contributed by atoms with Crippen molar-refractivity contribution in [3.63, 3.8) is 0 Å². The summed E-state index contributed by atoms with van der Waals surface area (Å²) < 4.78 is 8.14. The zero-order chi connectivity index (χ0) is 23.6. The van der Waals surface area contributed by atoms with Crippen LogP contribution in [0.1, 0.15) is 77.0 Å². The lowest BCUT2D eigenvalue weighted by atomic mass is 9.88. The molecule has 4 aromatic rings. The Bertz CT molecular complexity index is 1260. The van der Waals surface area contributed by atoms with Crippen molar-refractivity contribution in [1.82, 2.24) is 9.55 Å². The number of benzene rings is 2. The van der Waals surface area contributed by atoms with Gasteiger partial charge in [-0.3, -0.25) is 4.57 Å². The second kappa shape index (κ2) is 9.59. The highest BCUT2D eigenvalue weighted by Gasteiger charge is 2.19. The summed E-state index contributed by atoms with van der Waals surface area (Å²) in [4.78, 5) is 4.82. The number of methoxy groups -OCH3 is 1. The first-order valence-electron chi connectivity index (χ1n) is 12.5. The largest absolute Gasteiger partial charge is 0.496 e. The maximum absolute atomic E-state index is 5.83. The third kappa shape index (κ3) is 4.64. The number of hydrogen-bond donors (Lipinski definition) is 0. The van der Waals surface area contributed by atoms with Crippen LogP contribution in [0.2, 0.25) is 0 Å². The maximum atomic E-state index is 5.83. The molecule has 0 aliphatic heterocycles. The summed E-state index contributed by atoms with van der Waals surface area (Å²) in [6.45, 7) is 11.2. The topological polar surface area (TPSA) is 27.1 Å². The van der Waals surface area contributed by atoms with Crippen molar-refractivity contribution >= 4 is 21.8 Å². The van der Waals surface area contributed by atoms with Crippen molar-refractivity contribution in [1.29, 1.82) is 0 Å². The van der Waals surface area contributed by atoms with E-state index in [2.05, 4.69) is 81.7 Å². The number of rotatable bonds is 8. The minimum Gasteiger partial charge on any atom is -0.496 e. The Morgan fingerprint density at radius 2 is 1.64 bits per heavy atom. The molecule has 2 aromatic heterocycles. The van der Waals surface area contributed by atoms with E-state index in [0.29, 0.717) is 0 Å². The Morgan fingerprint density at radius 1 is 0.848 bits per heavy atom. The zero-order valence-electron chi connectivity index (χ0n) is 21.2. The quantitative estimate of drug-likeness (QED) is 0.257. The molecule has 0 aliphatic rings. The van der Waals surface area contributed by atoms with Gasteiger partial charge < -0.3 is 4.74 Å². The van der Waals surface area contributed by atoms with Crippen LogP contribution in [0.25, 0.3) is 27.6 Å². The Labute approximate surface area is 198 Å². The lowest BCUT2D eigenvalue weighted by Crippen LogP contribution is -2.12. The molecule has 0 fully saturated rings. The van der Waals surface area contributed by atoms with Gasteiger partial charge in [-0.2, -0.15) is 0 Å². The fourth-order valence-corrected chi connectivity index (χ4v) is 4.78. The summed E-state index contributed by atoms with van der Waals surface area (Å²) in [7, 11) is 1.78. The summed E-state index contributed by atoms with van der Waals surface area (Å²) in [6.07, 6.45) is 8.95. The predicted molar refractivity (Wildman–Crippen MR) is 141 cm³/mol. The van der Waals surface area contributed by atoms with Crippen LogP contribution in [-0.2, 0) is 18.3 Å². The zero-order valence-corrected chi connectivity index (χ0v) is 21.2. The number of ether oxygens (including phenoxy) is 1. The van der Waals surface area contributed by atoms with E-state index in [0.717, 1.165) is 36.3 Å². The normalized spacial score (nSPS) is 12.1. The van der Waals surface area contributed by atoms with Gasteiger partial charge in [0.15, 0.2) is 0 Å². The van der Waals surface area contributed by atoms with Crippen LogP contribution in [-0.4, -0.2) is 16.7 Å². The summed E-state index contributed by atoms with van der Waals surface area (Å²) in [5.74, 6) is 1.93. The number of fused-ring (bicyclic) bond motifs is 3. The molecule has 0 aliphatic carbocycles. The van der Waals surface area contributed by atoms with E-state index >= 15 is 0 Å². The van der Waals surface area contributed by atoms with Gasteiger partial charge >= 0.3 is 0 Å². The molecule has 2 aromatic carbocycles. The van der Waals surface area contributed by atoms with Crippen molar-refractivity contribution in [2.75, 3.05) is 7.11 Å². The van der Waals surface area contributed by atoms with Crippen LogP contribution in [0.4, 0.5) is 0 Å². The molecule has 0 radical (unpaired) electrons. The molecular weight excluding hydrogens is 404 g/mol. The molecule has 2 heterocycles. The van der Waals surface area contributed by atoms with Crippen molar-refractivity contribution in [3.8, 4) is 11.6 Å². The summed E-state index contributed by atoms with van der Waals surface area (Å²) >= 11 is 0. The predicted octanol–water partition coefficient (Wildman–Crippen LogP) is 8.17. The van der Waals surface area contributed by atoms with Gasteiger partial charge in [0.2, 0.25) is 0 Å². The van der Waals surface area contributed by atoms with E-state index in [-0.39, 0.29) is 5.41 Å². The lowest BCUT2D eigenvalue weighted by molar-refractivity contribution is 0.410.